The van der Waals surface area contributed by atoms with Crippen molar-refractivity contribution in [2.24, 2.45) is 0 Å². The summed E-state index contributed by atoms with van der Waals surface area (Å²) in [5.74, 6) is 0. The fourth-order valence-corrected chi connectivity index (χ4v) is 7.44. The predicted molar refractivity (Wildman–Crippen MR) is 125 cm³/mol. The van der Waals surface area contributed by atoms with E-state index in [1.165, 1.54) is 22.1 Å². The zero-order valence-corrected chi connectivity index (χ0v) is 18.6. The lowest BCUT2D eigenvalue weighted by Crippen LogP contribution is -2.37. The van der Waals surface area contributed by atoms with E-state index >= 15 is 0 Å². The molecule has 1 aliphatic carbocycles. The molecule has 0 radical (unpaired) electrons. The number of hydrogen-bond donors (Lipinski definition) is 0. The van der Waals surface area contributed by atoms with E-state index in [0.717, 1.165) is 50.9 Å². The normalized spacial score (nSPS) is 21.3. The minimum Gasteiger partial charge on any atom is -0.378 e. The van der Waals surface area contributed by atoms with E-state index in [0.29, 0.717) is 0 Å². The van der Waals surface area contributed by atoms with Crippen LogP contribution in [0.25, 0.3) is 6.08 Å². The largest absolute Gasteiger partial charge is 0.378 e. The maximum Gasteiger partial charge on any atom is 0.121 e. The Labute approximate surface area is 179 Å². The third kappa shape index (κ3) is 4.41. The molecule has 152 valence electrons. The summed E-state index contributed by atoms with van der Waals surface area (Å²) in [6, 6.07) is 21.0. The van der Waals surface area contributed by atoms with Crippen molar-refractivity contribution in [3.8, 4) is 0 Å². The van der Waals surface area contributed by atoms with Crippen molar-refractivity contribution in [2.45, 2.75) is 19.3 Å². The van der Waals surface area contributed by atoms with Gasteiger partial charge in [-0.25, -0.2) is 0 Å². The molecular weight excluding hydrogens is 397 g/mol. The molecule has 0 amide bonds. The van der Waals surface area contributed by atoms with E-state index < -0.39 is 6.26 Å². The van der Waals surface area contributed by atoms with E-state index in [-0.39, 0.29) is 0 Å². The van der Waals surface area contributed by atoms with Crippen LogP contribution in [0.15, 0.2) is 77.2 Å². The van der Waals surface area contributed by atoms with Gasteiger partial charge in [0.05, 0.1) is 13.2 Å². The molecular formula is C24H28NO2PS. The Kier molecular flexibility index (Phi) is 6.67. The van der Waals surface area contributed by atoms with Crippen LogP contribution < -0.4 is 5.30 Å². The molecule has 1 heterocycles. The van der Waals surface area contributed by atoms with Gasteiger partial charge in [-0.1, -0.05) is 72.5 Å². The molecule has 5 heteroatoms. The van der Waals surface area contributed by atoms with Crippen LogP contribution >= 0.6 is 6.26 Å². The Hall–Kier alpha value is -1.71. The number of rotatable bonds is 5. The van der Waals surface area contributed by atoms with Gasteiger partial charge in [-0.3, -0.25) is 0 Å². The molecule has 0 aromatic heterocycles. The minimum atomic E-state index is -2.30. The zero-order chi connectivity index (χ0) is 20.1. The fraction of sp³-hybridized carbons (Fsp3) is 0.333. The summed E-state index contributed by atoms with van der Waals surface area (Å²) in [6.07, 6.45) is 3.21. The lowest BCUT2D eigenvalue weighted by atomic mass is 9.94. The summed E-state index contributed by atoms with van der Waals surface area (Å²) in [5, 5.41) is 2.45. The average Bonchev–Trinajstić information content (AvgIpc) is 2.80. The van der Waals surface area contributed by atoms with Crippen LogP contribution in [0, 0.1) is 0 Å². The molecule has 2 aliphatic rings. The molecule has 0 saturated carbocycles. The Bertz CT molecular complexity index is 934. The molecule has 2 aromatic rings. The number of ether oxygens (including phenoxy) is 1. The van der Waals surface area contributed by atoms with Crippen LogP contribution in [0.1, 0.15) is 24.8 Å². The van der Waals surface area contributed by atoms with Crippen LogP contribution in [0.5, 0.6) is 0 Å². The van der Waals surface area contributed by atoms with Crippen LogP contribution in [0.2, 0.25) is 0 Å². The maximum atomic E-state index is 6.30. The molecule has 1 fully saturated rings. The number of nitrogens with zero attached hydrogens (tertiary/aromatic N) is 1. The molecule has 3 nitrogen and oxygen atoms in total. The molecule has 4 rings (SSSR count). The van der Waals surface area contributed by atoms with Crippen molar-refractivity contribution in [1.29, 1.82) is 0 Å². The first kappa shape index (κ1) is 20.6. The first-order valence-electron chi connectivity index (χ1n) is 10.3. The van der Waals surface area contributed by atoms with Gasteiger partial charge in [-0.15, -0.1) is 0 Å². The van der Waals surface area contributed by atoms with Crippen molar-refractivity contribution in [3.05, 3.63) is 82.8 Å². The first-order valence-corrected chi connectivity index (χ1v) is 13.0. The van der Waals surface area contributed by atoms with Gasteiger partial charge in [0.25, 0.3) is 0 Å². The fourth-order valence-electron chi connectivity index (χ4n) is 4.21. The second-order valence-corrected chi connectivity index (χ2v) is 11.5. The van der Waals surface area contributed by atoms with Crippen LogP contribution in [-0.2, 0) is 21.1 Å². The summed E-state index contributed by atoms with van der Waals surface area (Å²) in [4.78, 5) is 2.48. The van der Waals surface area contributed by atoms with Crippen molar-refractivity contribution < 1.29 is 9.26 Å². The molecule has 0 bridgehead atoms. The van der Waals surface area contributed by atoms with Gasteiger partial charge in [0.2, 0.25) is 0 Å². The molecule has 1 aliphatic heterocycles. The summed E-state index contributed by atoms with van der Waals surface area (Å²) in [5.41, 5.74) is 3.93. The molecule has 1 atom stereocenters. The first-order chi connectivity index (χ1) is 14.2. The summed E-state index contributed by atoms with van der Waals surface area (Å²) in [7, 11) is 1.78. The van der Waals surface area contributed by atoms with Gasteiger partial charge >= 0.3 is 0 Å². The molecule has 29 heavy (non-hydrogen) atoms. The molecule has 1 saturated heterocycles. The van der Waals surface area contributed by atoms with Gasteiger partial charge < -0.3 is 14.2 Å². The lowest BCUT2D eigenvalue weighted by Gasteiger charge is -2.39. The van der Waals surface area contributed by atoms with Gasteiger partial charge in [0, 0.05) is 36.5 Å². The Morgan fingerprint density at radius 1 is 0.966 bits per heavy atom. The average molecular weight is 426 g/mol. The van der Waals surface area contributed by atoms with E-state index in [2.05, 4.69) is 65.6 Å². The number of benzene rings is 2. The maximum absolute atomic E-state index is 6.30. The highest BCUT2D eigenvalue weighted by molar-refractivity contribution is 8.17. The van der Waals surface area contributed by atoms with Gasteiger partial charge in [-0.2, -0.15) is 0 Å². The van der Waals surface area contributed by atoms with Crippen LogP contribution in [0.4, 0.5) is 0 Å². The summed E-state index contributed by atoms with van der Waals surface area (Å²) >= 11 is 6.30. The highest BCUT2D eigenvalue weighted by atomic mass is 32.4. The third-order valence-corrected chi connectivity index (χ3v) is 9.99. The standard InChI is InChI=1S/C24H28NO2PS/c1-26-28(29,22-12-6-3-7-13-22)23-14-8-11-21(19-20-9-4-2-5-10-20)24(23)25-15-17-27-18-16-25/h2-7,9-10,12-13,19H,8,11,14-18H2,1H3. The predicted octanol–water partition coefficient (Wildman–Crippen LogP) is 5.16. The quantitative estimate of drug-likeness (QED) is 0.617. The number of hydrogen-bond acceptors (Lipinski definition) is 4. The highest BCUT2D eigenvalue weighted by Gasteiger charge is 2.33. The number of morpholine rings is 1. The Morgan fingerprint density at radius 3 is 2.28 bits per heavy atom. The van der Waals surface area contributed by atoms with E-state index in [1.54, 1.807) is 7.11 Å². The second kappa shape index (κ2) is 9.40. The summed E-state index contributed by atoms with van der Waals surface area (Å²) < 4.78 is 11.8. The summed E-state index contributed by atoms with van der Waals surface area (Å²) in [6.45, 7) is 3.32. The monoisotopic (exact) mass is 425 g/mol. The topological polar surface area (TPSA) is 21.7 Å². The van der Waals surface area contributed by atoms with Gasteiger partial charge in [0.15, 0.2) is 0 Å². The SMILES string of the molecule is COP(=S)(C1=C(N2CCOCC2)C(=Cc2ccccc2)CCC1)c1ccccc1. The van der Waals surface area contributed by atoms with Crippen molar-refractivity contribution in [2.75, 3.05) is 33.4 Å². The molecule has 1 unspecified atom stereocenters. The third-order valence-electron chi connectivity index (χ3n) is 5.61. The van der Waals surface area contributed by atoms with Crippen molar-refractivity contribution in [3.63, 3.8) is 0 Å². The minimum absolute atomic E-state index is 0.761. The zero-order valence-electron chi connectivity index (χ0n) is 16.9. The molecule has 0 N–H and O–H groups in total. The Morgan fingerprint density at radius 2 is 1.62 bits per heavy atom. The van der Waals surface area contributed by atoms with Crippen molar-refractivity contribution in [1.82, 2.24) is 4.90 Å². The van der Waals surface area contributed by atoms with Gasteiger partial charge in [-0.05, 0) is 36.5 Å². The Balaban J connectivity index is 1.88. The van der Waals surface area contributed by atoms with Crippen molar-refractivity contribution >= 4 is 29.5 Å². The van der Waals surface area contributed by atoms with E-state index in [4.69, 9.17) is 21.1 Å². The van der Waals surface area contributed by atoms with Crippen LogP contribution in [0.3, 0.4) is 0 Å². The van der Waals surface area contributed by atoms with E-state index in [9.17, 15) is 0 Å². The highest BCUT2D eigenvalue weighted by Crippen LogP contribution is 2.59. The smallest absolute Gasteiger partial charge is 0.121 e. The molecule has 0 spiro atoms. The van der Waals surface area contributed by atoms with Gasteiger partial charge in [0.1, 0.15) is 6.26 Å². The second-order valence-electron chi connectivity index (χ2n) is 7.40. The lowest BCUT2D eigenvalue weighted by molar-refractivity contribution is 0.0539. The molecule has 2 aromatic carbocycles. The number of allylic oxidation sites excluding steroid dienone is 2. The van der Waals surface area contributed by atoms with E-state index in [1.807, 2.05) is 6.07 Å². The van der Waals surface area contributed by atoms with Crippen LogP contribution in [-0.4, -0.2) is 38.3 Å².